The Morgan fingerprint density at radius 2 is 2.00 bits per heavy atom. The van der Waals surface area contributed by atoms with Gasteiger partial charge >= 0.3 is 0 Å². The molecule has 3 nitrogen and oxygen atoms in total. The summed E-state index contributed by atoms with van der Waals surface area (Å²) in [6.45, 7) is 2.48. The van der Waals surface area contributed by atoms with Gasteiger partial charge in [0, 0.05) is 31.8 Å². The molecule has 0 heterocycles. The summed E-state index contributed by atoms with van der Waals surface area (Å²) in [5.41, 5.74) is 0.846. The largest absolute Gasteiger partial charge is 0.355 e. The van der Waals surface area contributed by atoms with Crippen molar-refractivity contribution in [3.05, 3.63) is 34.6 Å². The van der Waals surface area contributed by atoms with E-state index in [-0.39, 0.29) is 18.1 Å². The van der Waals surface area contributed by atoms with E-state index in [1.165, 1.54) is 12.1 Å². The van der Waals surface area contributed by atoms with E-state index in [4.69, 9.17) is 21.1 Å². The predicted octanol–water partition coefficient (Wildman–Crippen LogP) is 2.75. The summed E-state index contributed by atoms with van der Waals surface area (Å²) in [5.74, 6) is -0.336. The molecule has 17 heavy (non-hydrogen) atoms. The zero-order chi connectivity index (χ0) is 12.8. The van der Waals surface area contributed by atoms with Crippen LogP contribution in [-0.2, 0) is 9.47 Å². The van der Waals surface area contributed by atoms with Gasteiger partial charge in [-0.2, -0.15) is 0 Å². The zero-order valence-corrected chi connectivity index (χ0v) is 10.9. The molecule has 0 fully saturated rings. The molecule has 0 bridgehead atoms. The van der Waals surface area contributed by atoms with Gasteiger partial charge in [-0.25, -0.2) is 4.39 Å². The number of methoxy groups -OCH3 is 2. The van der Waals surface area contributed by atoms with Crippen molar-refractivity contribution in [3.63, 3.8) is 0 Å². The fourth-order valence-corrected chi connectivity index (χ4v) is 1.83. The van der Waals surface area contributed by atoms with Crippen LogP contribution in [0.15, 0.2) is 18.2 Å². The van der Waals surface area contributed by atoms with Crippen molar-refractivity contribution < 1.29 is 13.9 Å². The third-order valence-electron chi connectivity index (χ3n) is 2.55. The molecule has 0 radical (unpaired) electrons. The molecule has 0 saturated heterocycles. The van der Waals surface area contributed by atoms with Crippen LogP contribution in [0.4, 0.5) is 4.39 Å². The predicted molar refractivity (Wildman–Crippen MR) is 65.6 cm³/mol. The van der Waals surface area contributed by atoms with Crippen molar-refractivity contribution in [2.24, 2.45) is 0 Å². The minimum absolute atomic E-state index is 0.00380. The maximum absolute atomic E-state index is 12.9. The maximum Gasteiger partial charge on any atom is 0.169 e. The van der Waals surface area contributed by atoms with E-state index in [2.05, 4.69) is 5.32 Å². The van der Waals surface area contributed by atoms with Crippen LogP contribution in [0.1, 0.15) is 18.5 Å². The number of hydrogen-bond donors (Lipinski definition) is 1. The molecule has 1 aromatic carbocycles. The van der Waals surface area contributed by atoms with Gasteiger partial charge in [-0.1, -0.05) is 17.7 Å². The molecule has 0 aromatic heterocycles. The fourth-order valence-electron chi connectivity index (χ4n) is 1.50. The Kier molecular flexibility index (Phi) is 5.85. The molecule has 5 heteroatoms. The van der Waals surface area contributed by atoms with Crippen LogP contribution in [0, 0.1) is 5.82 Å². The summed E-state index contributed by atoms with van der Waals surface area (Å²) < 4.78 is 23.0. The Bertz CT molecular complexity index is 358. The van der Waals surface area contributed by atoms with Gasteiger partial charge in [0.15, 0.2) is 6.29 Å². The molecule has 1 atom stereocenters. The van der Waals surface area contributed by atoms with E-state index in [1.54, 1.807) is 20.3 Å². The summed E-state index contributed by atoms with van der Waals surface area (Å²) in [4.78, 5) is 0. The van der Waals surface area contributed by atoms with E-state index in [9.17, 15) is 4.39 Å². The highest BCUT2D eigenvalue weighted by Gasteiger charge is 2.12. The Morgan fingerprint density at radius 1 is 1.35 bits per heavy atom. The highest BCUT2D eigenvalue weighted by atomic mass is 35.5. The first-order valence-corrected chi connectivity index (χ1v) is 5.70. The van der Waals surface area contributed by atoms with Crippen LogP contribution >= 0.6 is 11.6 Å². The molecule has 0 aliphatic carbocycles. The Hall–Kier alpha value is -0.680. The Balaban J connectivity index is 2.60. The van der Waals surface area contributed by atoms with Crippen LogP contribution in [0.5, 0.6) is 0 Å². The molecular formula is C12H17ClFNO2. The first kappa shape index (κ1) is 14.4. The molecule has 1 N–H and O–H groups in total. The van der Waals surface area contributed by atoms with Crippen molar-refractivity contribution in [1.82, 2.24) is 5.32 Å². The summed E-state index contributed by atoms with van der Waals surface area (Å²) in [5, 5.41) is 3.62. The fraction of sp³-hybridized carbons (Fsp3) is 0.500. The highest BCUT2D eigenvalue weighted by molar-refractivity contribution is 6.31. The number of benzene rings is 1. The minimum atomic E-state index is -0.336. The summed E-state index contributed by atoms with van der Waals surface area (Å²) >= 11 is 5.96. The standard InChI is InChI=1S/C12H17ClFNO2/c1-8(15-7-12(16-2)17-3)10-5-4-9(14)6-11(10)13/h4-6,8,12,15H,7H2,1-3H3. The number of nitrogens with one attached hydrogen (secondary N) is 1. The average Bonchev–Trinajstić information content (AvgIpc) is 2.30. The van der Waals surface area contributed by atoms with Gasteiger partial charge in [0.1, 0.15) is 5.82 Å². The number of halogens is 2. The first-order chi connectivity index (χ1) is 8.08. The smallest absolute Gasteiger partial charge is 0.169 e. The second-order valence-electron chi connectivity index (χ2n) is 3.70. The van der Waals surface area contributed by atoms with Crippen LogP contribution in [0.3, 0.4) is 0 Å². The molecule has 0 spiro atoms. The zero-order valence-electron chi connectivity index (χ0n) is 10.2. The lowest BCUT2D eigenvalue weighted by atomic mass is 10.1. The SMILES string of the molecule is COC(CNC(C)c1ccc(F)cc1Cl)OC. The summed E-state index contributed by atoms with van der Waals surface area (Å²) in [6, 6.07) is 4.36. The third-order valence-corrected chi connectivity index (χ3v) is 2.87. The minimum Gasteiger partial charge on any atom is -0.355 e. The molecule has 1 unspecified atom stereocenters. The second-order valence-corrected chi connectivity index (χ2v) is 4.10. The van der Waals surface area contributed by atoms with Crippen molar-refractivity contribution in [2.45, 2.75) is 19.3 Å². The molecular weight excluding hydrogens is 245 g/mol. The van der Waals surface area contributed by atoms with E-state index in [1.807, 2.05) is 6.92 Å². The number of hydrogen-bond acceptors (Lipinski definition) is 3. The number of ether oxygens (including phenoxy) is 2. The lowest BCUT2D eigenvalue weighted by molar-refractivity contribution is -0.0997. The van der Waals surface area contributed by atoms with Crippen LogP contribution in [0.25, 0.3) is 0 Å². The maximum atomic E-state index is 12.9. The first-order valence-electron chi connectivity index (χ1n) is 5.32. The van der Waals surface area contributed by atoms with Gasteiger partial charge < -0.3 is 14.8 Å². The van der Waals surface area contributed by atoms with Gasteiger partial charge in [-0.15, -0.1) is 0 Å². The topological polar surface area (TPSA) is 30.5 Å². The third kappa shape index (κ3) is 4.24. The summed E-state index contributed by atoms with van der Waals surface area (Å²) in [7, 11) is 3.15. The molecule has 0 aliphatic rings. The Morgan fingerprint density at radius 3 is 2.53 bits per heavy atom. The van der Waals surface area contributed by atoms with Gasteiger partial charge in [0.2, 0.25) is 0 Å². The average molecular weight is 262 g/mol. The van der Waals surface area contributed by atoms with Crippen LogP contribution in [-0.4, -0.2) is 27.1 Å². The lowest BCUT2D eigenvalue weighted by Crippen LogP contribution is -2.31. The normalized spacial score (nSPS) is 13.1. The Labute approximate surface area is 106 Å². The molecule has 96 valence electrons. The van der Waals surface area contributed by atoms with Crippen LogP contribution < -0.4 is 5.32 Å². The van der Waals surface area contributed by atoms with Gasteiger partial charge in [0.05, 0.1) is 0 Å². The van der Waals surface area contributed by atoms with E-state index >= 15 is 0 Å². The van der Waals surface area contributed by atoms with E-state index in [0.29, 0.717) is 11.6 Å². The molecule has 0 saturated carbocycles. The van der Waals surface area contributed by atoms with E-state index < -0.39 is 0 Å². The van der Waals surface area contributed by atoms with Crippen molar-refractivity contribution >= 4 is 11.6 Å². The van der Waals surface area contributed by atoms with Crippen molar-refractivity contribution in [2.75, 3.05) is 20.8 Å². The van der Waals surface area contributed by atoms with Gasteiger partial charge in [0.25, 0.3) is 0 Å². The van der Waals surface area contributed by atoms with Crippen LogP contribution in [0.2, 0.25) is 5.02 Å². The quantitative estimate of drug-likeness (QED) is 0.799. The lowest BCUT2D eigenvalue weighted by Gasteiger charge is -2.19. The summed E-state index contributed by atoms with van der Waals surface area (Å²) in [6.07, 6.45) is -0.309. The highest BCUT2D eigenvalue weighted by Crippen LogP contribution is 2.23. The molecule has 1 rings (SSSR count). The van der Waals surface area contributed by atoms with Gasteiger partial charge in [-0.3, -0.25) is 0 Å². The second kappa shape index (κ2) is 6.91. The number of rotatable bonds is 6. The van der Waals surface area contributed by atoms with Crippen molar-refractivity contribution in [1.29, 1.82) is 0 Å². The van der Waals surface area contributed by atoms with E-state index in [0.717, 1.165) is 5.56 Å². The van der Waals surface area contributed by atoms with Crippen molar-refractivity contribution in [3.8, 4) is 0 Å². The molecule has 1 aromatic rings. The molecule has 0 amide bonds. The molecule has 0 aliphatic heterocycles. The monoisotopic (exact) mass is 261 g/mol. The van der Waals surface area contributed by atoms with Gasteiger partial charge in [-0.05, 0) is 24.6 Å².